The zero-order valence-corrected chi connectivity index (χ0v) is 19.5. The molecule has 0 bridgehead atoms. The van der Waals surface area contributed by atoms with E-state index in [1.165, 1.54) is 80.0 Å². The Bertz CT molecular complexity index is 1460. The first-order valence-corrected chi connectivity index (χ1v) is 12.6. The normalized spacial score (nSPS) is 15.2. The second kappa shape index (κ2) is 7.90. The van der Waals surface area contributed by atoms with E-state index < -0.39 is 0 Å². The van der Waals surface area contributed by atoms with Gasteiger partial charge in [0.05, 0.1) is 12.6 Å². The summed E-state index contributed by atoms with van der Waals surface area (Å²) in [6.07, 6.45) is 9.71. The van der Waals surface area contributed by atoms with E-state index in [9.17, 15) is 0 Å². The number of fused-ring (bicyclic) bond motifs is 4. The SMILES string of the molecule is C=CCc1cc2sc3ccc(C4CCCCC4)cc3c2cc1-c1[nH]c2ccccc2[n+]1C. The van der Waals surface area contributed by atoms with Crippen LogP contribution in [-0.2, 0) is 13.5 Å². The lowest BCUT2D eigenvalue weighted by molar-refractivity contribution is -0.633. The van der Waals surface area contributed by atoms with Gasteiger partial charge >= 0.3 is 0 Å². The zero-order valence-electron chi connectivity index (χ0n) is 18.7. The number of nitrogens with one attached hydrogen (secondary N) is 1. The van der Waals surface area contributed by atoms with Crippen LogP contribution in [0.15, 0.2) is 67.3 Å². The number of aromatic amines is 1. The van der Waals surface area contributed by atoms with Gasteiger partial charge in [-0.15, -0.1) is 17.9 Å². The number of aryl methyl sites for hydroxylation is 1. The van der Waals surface area contributed by atoms with Crippen molar-refractivity contribution in [2.75, 3.05) is 0 Å². The van der Waals surface area contributed by atoms with Gasteiger partial charge in [-0.25, -0.2) is 9.55 Å². The molecule has 1 N–H and O–H groups in total. The average Bonchev–Trinajstić information content (AvgIpc) is 3.36. The highest BCUT2D eigenvalue weighted by Gasteiger charge is 2.22. The van der Waals surface area contributed by atoms with E-state index in [4.69, 9.17) is 0 Å². The van der Waals surface area contributed by atoms with E-state index in [0.717, 1.165) is 18.2 Å². The molecule has 32 heavy (non-hydrogen) atoms. The summed E-state index contributed by atoms with van der Waals surface area (Å²) >= 11 is 1.92. The Hall–Kier alpha value is -2.91. The van der Waals surface area contributed by atoms with Crippen molar-refractivity contribution in [3.63, 3.8) is 0 Å². The quantitative estimate of drug-likeness (QED) is 0.218. The largest absolute Gasteiger partial charge is 0.287 e. The van der Waals surface area contributed by atoms with Crippen LogP contribution in [0.5, 0.6) is 0 Å². The van der Waals surface area contributed by atoms with Crippen LogP contribution in [0.2, 0.25) is 0 Å². The third-order valence-electron chi connectivity index (χ3n) is 7.27. The predicted octanol–water partition coefficient (Wildman–Crippen LogP) is 7.80. The predicted molar refractivity (Wildman–Crippen MR) is 138 cm³/mol. The van der Waals surface area contributed by atoms with Crippen LogP contribution in [0.3, 0.4) is 0 Å². The number of hydrogen-bond donors (Lipinski definition) is 1. The van der Waals surface area contributed by atoms with Crippen LogP contribution in [0, 0.1) is 0 Å². The third kappa shape index (κ3) is 3.18. The number of aromatic nitrogens is 2. The van der Waals surface area contributed by atoms with Crippen LogP contribution in [-0.4, -0.2) is 4.98 Å². The Kier molecular flexibility index (Phi) is 4.87. The summed E-state index contributed by atoms with van der Waals surface area (Å²) in [4.78, 5) is 3.68. The molecule has 2 heterocycles. The fourth-order valence-electron chi connectivity index (χ4n) is 5.57. The highest BCUT2D eigenvalue weighted by molar-refractivity contribution is 7.25. The van der Waals surface area contributed by atoms with E-state index in [1.54, 1.807) is 0 Å². The molecule has 2 nitrogen and oxygen atoms in total. The zero-order chi connectivity index (χ0) is 21.7. The van der Waals surface area contributed by atoms with E-state index in [0.29, 0.717) is 0 Å². The number of para-hydroxylation sites is 2. The molecule has 0 aliphatic heterocycles. The van der Waals surface area contributed by atoms with Crippen LogP contribution < -0.4 is 4.57 Å². The van der Waals surface area contributed by atoms with Gasteiger partial charge in [0.15, 0.2) is 11.0 Å². The Morgan fingerprint density at radius 2 is 1.81 bits per heavy atom. The molecule has 0 amide bonds. The summed E-state index contributed by atoms with van der Waals surface area (Å²) in [5.41, 5.74) is 6.53. The summed E-state index contributed by atoms with van der Waals surface area (Å²) in [6.45, 7) is 4.03. The van der Waals surface area contributed by atoms with Crippen molar-refractivity contribution in [1.82, 2.24) is 4.98 Å². The number of allylic oxidation sites excluding steroid dienone is 1. The van der Waals surface area contributed by atoms with Crippen LogP contribution in [0.25, 0.3) is 42.6 Å². The molecule has 1 saturated carbocycles. The molecule has 160 valence electrons. The van der Waals surface area contributed by atoms with Gasteiger partial charge in [-0.1, -0.05) is 43.5 Å². The number of imidazole rings is 1. The molecule has 3 aromatic carbocycles. The number of rotatable bonds is 4. The Morgan fingerprint density at radius 3 is 2.62 bits per heavy atom. The smallest absolute Gasteiger partial charge is 0.236 e. The number of benzene rings is 3. The standard InChI is InChI=1S/C29H28N2S/c1-3-9-21-17-28-24(18-22(21)29-30-25-12-7-8-13-26(25)31(29)2)23-16-20(14-15-27(23)32-28)19-10-5-4-6-11-19/h3,7-8,12-19H,1,4-6,9-11H2,2H3/p+1. The Morgan fingerprint density at radius 1 is 1.00 bits per heavy atom. The average molecular weight is 438 g/mol. The molecule has 2 aromatic heterocycles. The maximum Gasteiger partial charge on any atom is 0.287 e. The van der Waals surface area contributed by atoms with Crippen molar-refractivity contribution in [2.24, 2.45) is 7.05 Å². The fraction of sp³-hybridized carbons (Fsp3) is 0.276. The van der Waals surface area contributed by atoms with Crippen molar-refractivity contribution in [2.45, 2.75) is 44.4 Å². The van der Waals surface area contributed by atoms with Crippen LogP contribution in [0.4, 0.5) is 0 Å². The first-order valence-electron chi connectivity index (χ1n) is 11.8. The van der Waals surface area contributed by atoms with Crippen molar-refractivity contribution in [3.05, 3.63) is 78.4 Å². The number of thiophene rings is 1. The van der Waals surface area contributed by atoms with Gasteiger partial charge in [-0.05, 0) is 72.7 Å². The minimum atomic E-state index is 0.731. The van der Waals surface area contributed by atoms with Crippen molar-refractivity contribution >= 4 is 42.5 Å². The van der Waals surface area contributed by atoms with E-state index in [2.05, 4.69) is 77.8 Å². The van der Waals surface area contributed by atoms with E-state index >= 15 is 0 Å². The summed E-state index contributed by atoms with van der Waals surface area (Å²) in [5, 5.41) is 2.79. The van der Waals surface area contributed by atoms with E-state index in [1.807, 2.05) is 17.4 Å². The van der Waals surface area contributed by atoms with Crippen molar-refractivity contribution < 1.29 is 4.57 Å². The van der Waals surface area contributed by atoms with Gasteiger partial charge in [-0.2, -0.15) is 0 Å². The van der Waals surface area contributed by atoms with Gasteiger partial charge in [0, 0.05) is 20.2 Å². The van der Waals surface area contributed by atoms with Gasteiger partial charge in [0.2, 0.25) is 0 Å². The second-order valence-electron chi connectivity index (χ2n) is 9.24. The lowest BCUT2D eigenvalue weighted by Crippen LogP contribution is -2.29. The molecule has 0 spiro atoms. The lowest BCUT2D eigenvalue weighted by Gasteiger charge is -2.22. The maximum atomic E-state index is 4.03. The number of H-pyrrole nitrogens is 1. The topological polar surface area (TPSA) is 19.7 Å². The maximum absolute atomic E-state index is 4.03. The summed E-state index contributed by atoms with van der Waals surface area (Å²) in [6, 6.07) is 20.6. The number of nitrogens with zero attached hydrogens (tertiary/aromatic N) is 1. The Balaban J connectivity index is 1.57. The van der Waals surface area contributed by atoms with Crippen molar-refractivity contribution in [1.29, 1.82) is 0 Å². The number of hydrogen-bond acceptors (Lipinski definition) is 1. The first kappa shape index (κ1) is 19.8. The fourth-order valence-corrected chi connectivity index (χ4v) is 6.70. The molecule has 0 atom stereocenters. The minimum Gasteiger partial charge on any atom is -0.236 e. The molecule has 0 saturated heterocycles. The molecule has 6 rings (SSSR count). The highest BCUT2D eigenvalue weighted by Crippen LogP contribution is 2.41. The third-order valence-corrected chi connectivity index (χ3v) is 8.40. The lowest BCUT2D eigenvalue weighted by atomic mass is 9.84. The first-order chi connectivity index (χ1) is 15.7. The molecular weight excluding hydrogens is 408 g/mol. The molecule has 1 aliphatic rings. The summed E-state index contributed by atoms with van der Waals surface area (Å²) < 4.78 is 5.05. The summed E-state index contributed by atoms with van der Waals surface area (Å²) in [7, 11) is 2.16. The molecule has 0 unspecified atom stereocenters. The minimum absolute atomic E-state index is 0.731. The molecule has 5 aromatic rings. The van der Waals surface area contributed by atoms with Gasteiger partial charge in [-0.3, -0.25) is 0 Å². The highest BCUT2D eigenvalue weighted by atomic mass is 32.1. The van der Waals surface area contributed by atoms with Gasteiger partial charge in [0.25, 0.3) is 5.82 Å². The van der Waals surface area contributed by atoms with Gasteiger partial charge in [0.1, 0.15) is 0 Å². The molecular formula is C29H29N2S+. The molecule has 1 aliphatic carbocycles. The molecule has 3 heteroatoms. The van der Waals surface area contributed by atoms with E-state index in [-0.39, 0.29) is 0 Å². The van der Waals surface area contributed by atoms with Crippen LogP contribution in [0.1, 0.15) is 49.1 Å². The van der Waals surface area contributed by atoms with Gasteiger partial charge < -0.3 is 0 Å². The monoisotopic (exact) mass is 437 g/mol. The van der Waals surface area contributed by atoms with Crippen molar-refractivity contribution in [3.8, 4) is 11.4 Å². The Labute approximate surface area is 193 Å². The molecule has 1 fully saturated rings. The summed E-state index contributed by atoms with van der Waals surface area (Å²) in [5.74, 6) is 1.89. The molecule has 0 radical (unpaired) electrons. The second-order valence-corrected chi connectivity index (χ2v) is 10.3. The van der Waals surface area contributed by atoms with Crippen LogP contribution >= 0.6 is 11.3 Å².